The highest BCUT2D eigenvalue weighted by atomic mass is 35.5. The van der Waals surface area contributed by atoms with E-state index >= 15 is 0 Å². The van der Waals surface area contributed by atoms with Crippen molar-refractivity contribution >= 4 is 38.9 Å². The Balaban J connectivity index is 2.29. The first-order valence-corrected chi connectivity index (χ1v) is 8.34. The molecule has 0 saturated heterocycles. The highest BCUT2D eigenvalue weighted by molar-refractivity contribution is 7.93. The lowest BCUT2D eigenvalue weighted by molar-refractivity contribution is 0.299. The molecule has 0 aliphatic heterocycles. The minimum Gasteiger partial charge on any atom is -0.396 e. The van der Waals surface area contributed by atoms with Crippen LogP contribution in [0.5, 0.6) is 0 Å². The highest BCUT2D eigenvalue weighted by Crippen LogP contribution is 2.30. The zero-order valence-corrected chi connectivity index (χ0v) is 13.2. The van der Waals surface area contributed by atoms with Gasteiger partial charge < -0.3 is 5.11 Å². The molecular formula is C14H13Cl2NO3S. The molecule has 0 radical (unpaired) electrons. The number of anilines is 1. The molecule has 0 amide bonds. The van der Waals surface area contributed by atoms with Crippen LogP contribution in [0.25, 0.3) is 0 Å². The summed E-state index contributed by atoms with van der Waals surface area (Å²) in [5, 5.41) is 8.97. The van der Waals surface area contributed by atoms with Gasteiger partial charge >= 0.3 is 0 Å². The van der Waals surface area contributed by atoms with Gasteiger partial charge in [-0.1, -0.05) is 41.4 Å². The second-order valence-corrected chi connectivity index (χ2v) is 6.76. The first kappa shape index (κ1) is 16.1. The number of benzene rings is 2. The van der Waals surface area contributed by atoms with Crippen LogP contribution in [0.4, 0.5) is 5.69 Å². The van der Waals surface area contributed by atoms with Crippen LogP contribution in [-0.2, 0) is 16.4 Å². The van der Waals surface area contributed by atoms with Gasteiger partial charge in [-0.05, 0) is 36.2 Å². The Morgan fingerprint density at radius 3 is 2.10 bits per heavy atom. The van der Waals surface area contributed by atoms with Crippen LogP contribution in [0, 0.1) is 0 Å². The maximum Gasteiger partial charge on any atom is 0.264 e. The van der Waals surface area contributed by atoms with Crippen LogP contribution in [0.15, 0.2) is 47.4 Å². The van der Waals surface area contributed by atoms with Gasteiger partial charge in [0, 0.05) is 12.3 Å². The van der Waals surface area contributed by atoms with Gasteiger partial charge in [-0.15, -0.1) is 0 Å². The van der Waals surface area contributed by atoms with Crippen molar-refractivity contribution in [3.63, 3.8) is 0 Å². The molecule has 2 N–H and O–H groups in total. The largest absolute Gasteiger partial charge is 0.396 e. The number of sulfonamides is 1. The van der Waals surface area contributed by atoms with Crippen LogP contribution in [0.3, 0.4) is 0 Å². The summed E-state index contributed by atoms with van der Waals surface area (Å²) in [6.45, 7) is 0.0420. The van der Waals surface area contributed by atoms with Gasteiger partial charge in [0.2, 0.25) is 0 Å². The number of hydrogen-bond acceptors (Lipinski definition) is 3. The van der Waals surface area contributed by atoms with Crippen molar-refractivity contribution in [3.05, 3.63) is 58.1 Å². The second kappa shape index (κ2) is 6.66. The van der Waals surface area contributed by atoms with Crippen molar-refractivity contribution in [2.45, 2.75) is 11.3 Å². The zero-order chi connectivity index (χ0) is 15.5. The summed E-state index contributed by atoms with van der Waals surface area (Å²) in [7, 11) is -3.86. The topological polar surface area (TPSA) is 66.4 Å². The second-order valence-electron chi connectivity index (χ2n) is 4.33. The molecule has 112 valence electrons. The number of aliphatic hydroxyl groups excluding tert-OH is 1. The fourth-order valence-corrected chi connectivity index (χ4v) is 4.02. The van der Waals surface area contributed by atoms with Crippen molar-refractivity contribution in [2.75, 3.05) is 11.3 Å². The molecule has 0 aromatic heterocycles. The lowest BCUT2D eigenvalue weighted by Gasteiger charge is -2.11. The Morgan fingerprint density at radius 2 is 1.57 bits per heavy atom. The van der Waals surface area contributed by atoms with E-state index in [-0.39, 0.29) is 21.5 Å². The van der Waals surface area contributed by atoms with Gasteiger partial charge in [-0.2, -0.15) is 0 Å². The van der Waals surface area contributed by atoms with Crippen molar-refractivity contribution < 1.29 is 13.5 Å². The average molecular weight is 346 g/mol. The number of nitrogens with one attached hydrogen (secondary N) is 1. The van der Waals surface area contributed by atoms with E-state index in [0.29, 0.717) is 12.1 Å². The third-order valence-corrected chi connectivity index (χ3v) is 5.13. The lowest BCUT2D eigenvalue weighted by atomic mass is 10.1. The predicted molar refractivity (Wildman–Crippen MR) is 84.5 cm³/mol. The summed E-state index contributed by atoms with van der Waals surface area (Å²) in [5.74, 6) is 0. The van der Waals surface area contributed by atoms with Gasteiger partial charge in [0.05, 0.1) is 10.0 Å². The summed E-state index contributed by atoms with van der Waals surface area (Å²) >= 11 is 11.8. The molecule has 2 rings (SSSR count). The van der Waals surface area contributed by atoms with Crippen molar-refractivity contribution in [1.29, 1.82) is 0 Å². The normalized spacial score (nSPS) is 11.4. The number of halogens is 2. The van der Waals surface area contributed by atoms with Crippen LogP contribution >= 0.6 is 23.2 Å². The summed E-state index contributed by atoms with van der Waals surface area (Å²) in [6, 6.07) is 11.2. The number of aliphatic hydroxyl groups is 1. The Morgan fingerprint density at radius 1 is 1.00 bits per heavy atom. The Kier molecular flexibility index (Phi) is 5.11. The first-order chi connectivity index (χ1) is 9.94. The average Bonchev–Trinajstić information content (AvgIpc) is 2.40. The Bertz CT molecular complexity index is 710. The molecule has 0 atom stereocenters. The summed E-state index contributed by atoms with van der Waals surface area (Å²) in [4.78, 5) is -0.146. The minimum absolute atomic E-state index is 0.0420. The van der Waals surface area contributed by atoms with E-state index in [2.05, 4.69) is 4.72 Å². The molecule has 0 aliphatic rings. The highest BCUT2D eigenvalue weighted by Gasteiger charge is 2.21. The molecule has 4 nitrogen and oxygen atoms in total. The molecule has 7 heteroatoms. The molecule has 2 aromatic carbocycles. The molecule has 0 aliphatic carbocycles. The molecular weight excluding hydrogens is 333 g/mol. The van der Waals surface area contributed by atoms with E-state index in [1.807, 2.05) is 0 Å². The third kappa shape index (κ3) is 3.89. The van der Waals surface area contributed by atoms with E-state index in [1.54, 1.807) is 30.3 Å². The smallest absolute Gasteiger partial charge is 0.264 e. The first-order valence-electron chi connectivity index (χ1n) is 6.10. The lowest BCUT2D eigenvalue weighted by Crippen LogP contribution is -2.14. The molecule has 21 heavy (non-hydrogen) atoms. The van der Waals surface area contributed by atoms with Crippen LogP contribution in [0.1, 0.15) is 5.56 Å². The van der Waals surface area contributed by atoms with Crippen LogP contribution in [0.2, 0.25) is 10.0 Å². The van der Waals surface area contributed by atoms with Gasteiger partial charge in [0.25, 0.3) is 10.0 Å². The van der Waals surface area contributed by atoms with Gasteiger partial charge in [-0.25, -0.2) is 8.42 Å². The number of hydrogen-bond donors (Lipinski definition) is 2. The molecule has 0 spiro atoms. The molecule has 0 fully saturated rings. The molecule has 0 saturated carbocycles. The summed E-state index contributed by atoms with van der Waals surface area (Å²) < 4.78 is 27.1. The summed E-state index contributed by atoms with van der Waals surface area (Å²) in [6.07, 6.45) is 0.517. The quantitative estimate of drug-likeness (QED) is 0.873. The van der Waals surface area contributed by atoms with E-state index in [9.17, 15) is 8.42 Å². The maximum absolute atomic E-state index is 12.3. The molecule has 0 unspecified atom stereocenters. The number of rotatable bonds is 5. The third-order valence-electron chi connectivity index (χ3n) is 2.79. The SMILES string of the molecule is O=S(=O)(Nc1ccc(CCO)cc1)c1c(Cl)cccc1Cl. The van der Waals surface area contributed by atoms with Gasteiger partial charge in [0.1, 0.15) is 4.90 Å². The van der Waals surface area contributed by atoms with Crippen LogP contribution in [-0.4, -0.2) is 20.1 Å². The molecule has 0 heterocycles. The standard InChI is InChI=1S/C14H13Cl2NO3S/c15-12-2-1-3-13(16)14(12)21(19,20)17-11-6-4-10(5-7-11)8-9-18/h1-7,17-18H,8-9H2. The Labute approximate surface area is 133 Å². The monoisotopic (exact) mass is 345 g/mol. The Hall–Kier alpha value is -1.27. The van der Waals surface area contributed by atoms with E-state index < -0.39 is 10.0 Å². The van der Waals surface area contributed by atoms with Crippen molar-refractivity contribution in [3.8, 4) is 0 Å². The fraction of sp³-hybridized carbons (Fsp3) is 0.143. The maximum atomic E-state index is 12.3. The van der Waals surface area contributed by atoms with E-state index in [4.69, 9.17) is 28.3 Å². The summed E-state index contributed by atoms with van der Waals surface area (Å²) in [5.41, 5.74) is 1.31. The van der Waals surface area contributed by atoms with Crippen LogP contribution < -0.4 is 4.72 Å². The van der Waals surface area contributed by atoms with E-state index in [0.717, 1.165) is 5.56 Å². The van der Waals surface area contributed by atoms with Crippen molar-refractivity contribution in [1.82, 2.24) is 0 Å². The molecule has 0 bridgehead atoms. The fourth-order valence-electron chi connectivity index (χ4n) is 1.81. The predicted octanol–water partition coefficient (Wildman–Crippen LogP) is 3.33. The van der Waals surface area contributed by atoms with E-state index in [1.165, 1.54) is 12.1 Å². The molecule has 2 aromatic rings. The minimum atomic E-state index is -3.86. The van der Waals surface area contributed by atoms with Gasteiger partial charge in [0.15, 0.2) is 0 Å². The van der Waals surface area contributed by atoms with Gasteiger partial charge in [-0.3, -0.25) is 4.72 Å². The van der Waals surface area contributed by atoms with Crippen molar-refractivity contribution in [2.24, 2.45) is 0 Å². The zero-order valence-electron chi connectivity index (χ0n) is 10.9.